The van der Waals surface area contributed by atoms with Crippen LogP contribution < -0.4 is 0 Å². The fourth-order valence-corrected chi connectivity index (χ4v) is 1.75. The van der Waals surface area contributed by atoms with Gasteiger partial charge in [0.2, 0.25) is 5.76 Å². The van der Waals surface area contributed by atoms with Gasteiger partial charge in [0.15, 0.2) is 0 Å². The summed E-state index contributed by atoms with van der Waals surface area (Å²) in [5, 5.41) is 17.3. The maximum atomic E-state index is 10.5. The molecule has 78 valence electrons. The molecule has 1 aromatic rings. The summed E-state index contributed by atoms with van der Waals surface area (Å²) in [6.45, 7) is 2.02. The van der Waals surface area contributed by atoms with Gasteiger partial charge < -0.3 is 14.6 Å². The summed E-state index contributed by atoms with van der Waals surface area (Å²) in [5.74, 6) is 0.137. The molecule has 0 aromatic carbocycles. The van der Waals surface area contributed by atoms with Gasteiger partial charge in [-0.3, -0.25) is 0 Å². The Bertz CT molecular complexity index is 308. The molecule has 0 fully saturated rings. The van der Waals surface area contributed by atoms with Crippen molar-refractivity contribution in [1.82, 2.24) is 0 Å². The maximum absolute atomic E-state index is 10.5. The summed E-state index contributed by atoms with van der Waals surface area (Å²) in [6.07, 6.45) is 0. The first-order valence-corrected chi connectivity index (χ1v) is 5.25. The monoisotopic (exact) mass is 216 g/mol. The lowest BCUT2D eigenvalue weighted by Gasteiger charge is -2.05. The zero-order valence-electron chi connectivity index (χ0n) is 7.77. The molecule has 0 radical (unpaired) electrons. The Kier molecular flexibility index (Phi) is 4.03. The van der Waals surface area contributed by atoms with Crippen molar-refractivity contribution < 1.29 is 19.4 Å². The predicted octanol–water partition coefficient (Wildman–Crippen LogP) is 1.76. The summed E-state index contributed by atoms with van der Waals surface area (Å²) in [6, 6.07) is 3.09. The van der Waals surface area contributed by atoms with E-state index in [1.807, 2.05) is 6.92 Å². The molecule has 0 aliphatic rings. The van der Waals surface area contributed by atoms with Crippen molar-refractivity contribution in [3.05, 3.63) is 23.7 Å². The first kappa shape index (κ1) is 11.1. The van der Waals surface area contributed by atoms with E-state index >= 15 is 0 Å². The lowest BCUT2D eigenvalue weighted by atomic mass is 10.3. The number of hydrogen-bond donors (Lipinski definition) is 2. The van der Waals surface area contributed by atoms with Gasteiger partial charge in [0, 0.05) is 5.75 Å². The van der Waals surface area contributed by atoms with E-state index in [9.17, 15) is 4.79 Å². The zero-order chi connectivity index (χ0) is 10.6. The van der Waals surface area contributed by atoms with E-state index in [2.05, 4.69) is 0 Å². The largest absolute Gasteiger partial charge is 0.475 e. The van der Waals surface area contributed by atoms with E-state index < -0.39 is 5.97 Å². The van der Waals surface area contributed by atoms with Gasteiger partial charge in [-0.2, -0.15) is 0 Å². The average molecular weight is 216 g/mol. The van der Waals surface area contributed by atoms with Crippen molar-refractivity contribution in [2.24, 2.45) is 0 Å². The van der Waals surface area contributed by atoms with Crippen LogP contribution in [0, 0.1) is 0 Å². The number of carbonyl (C=O) groups is 1. The minimum absolute atomic E-state index is 0.0450. The van der Waals surface area contributed by atoms with Crippen molar-refractivity contribution in [3.8, 4) is 0 Å². The second-order valence-electron chi connectivity index (χ2n) is 2.74. The molecular formula is C9H12O4S. The van der Waals surface area contributed by atoms with Crippen molar-refractivity contribution in [1.29, 1.82) is 0 Å². The quantitative estimate of drug-likeness (QED) is 0.784. The number of rotatable bonds is 5. The van der Waals surface area contributed by atoms with E-state index in [4.69, 9.17) is 14.6 Å². The first-order chi connectivity index (χ1) is 6.65. The number of hydrogen-bond acceptors (Lipinski definition) is 4. The molecule has 5 heteroatoms. The maximum Gasteiger partial charge on any atom is 0.371 e. The SMILES string of the molecule is CC(SCCO)c1ccc(C(=O)O)o1. The van der Waals surface area contributed by atoms with Crippen LogP contribution in [-0.4, -0.2) is 28.5 Å². The van der Waals surface area contributed by atoms with Crippen LogP contribution in [0.1, 0.15) is 28.5 Å². The molecule has 0 bridgehead atoms. The molecule has 0 aliphatic carbocycles. The summed E-state index contributed by atoms with van der Waals surface area (Å²) in [4.78, 5) is 10.5. The number of furan rings is 1. The Balaban J connectivity index is 2.61. The highest BCUT2D eigenvalue weighted by atomic mass is 32.2. The number of carboxylic acids is 1. The molecule has 0 spiro atoms. The Hall–Kier alpha value is -0.940. The molecule has 4 nitrogen and oxygen atoms in total. The molecule has 14 heavy (non-hydrogen) atoms. The lowest BCUT2D eigenvalue weighted by Crippen LogP contribution is -1.94. The summed E-state index contributed by atoms with van der Waals surface area (Å²) in [7, 11) is 0. The van der Waals surface area contributed by atoms with Crippen LogP contribution in [0.4, 0.5) is 0 Å². The van der Waals surface area contributed by atoms with E-state index in [1.165, 1.54) is 17.8 Å². The van der Waals surface area contributed by atoms with Gasteiger partial charge in [-0.1, -0.05) is 0 Å². The third-order valence-corrected chi connectivity index (χ3v) is 2.85. The van der Waals surface area contributed by atoms with E-state index in [0.29, 0.717) is 11.5 Å². The fourth-order valence-electron chi connectivity index (χ4n) is 0.998. The van der Waals surface area contributed by atoms with Gasteiger partial charge in [-0.25, -0.2) is 4.79 Å². The van der Waals surface area contributed by atoms with E-state index in [0.717, 1.165) is 0 Å². The molecule has 0 saturated carbocycles. The van der Waals surface area contributed by atoms with Crippen LogP contribution in [-0.2, 0) is 0 Å². The van der Waals surface area contributed by atoms with Crippen molar-refractivity contribution in [2.45, 2.75) is 12.2 Å². The van der Waals surface area contributed by atoms with Gasteiger partial charge in [0.25, 0.3) is 0 Å². The molecule has 1 rings (SSSR count). The predicted molar refractivity (Wildman–Crippen MR) is 53.6 cm³/mol. The molecule has 2 N–H and O–H groups in total. The van der Waals surface area contributed by atoms with Crippen LogP contribution in [0.15, 0.2) is 16.5 Å². The van der Waals surface area contributed by atoms with Crippen LogP contribution >= 0.6 is 11.8 Å². The van der Waals surface area contributed by atoms with E-state index in [-0.39, 0.29) is 17.6 Å². The van der Waals surface area contributed by atoms with Crippen LogP contribution in [0.3, 0.4) is 0 Å². The number of aliphatic hydroxyl groups is 1. The Morgan fingerprint density at radius 1 is 1.64 bits per heavy atom. The second kappa shape index (κ2) is 5.07. The number of aromatic carboxylic acids is 1. The third kappa shape index (κ3) is 2.78. The van der Waals surface area contributed by atoms with Crippen LogP contribution in [0.2, 0.25) is 0 Å². The zero-order valence-corrected chi connectivity index (χ0v) is 8.58. The lowest BCUT2D eigenvalue weighted by molar-refractivity contribution is 0.0660. The molecule has 1 unspecified atom stereocenters. The molecule has 0 amide bonds. The van der Waals surface area contributed by atoms with Crippen LogP contribution in [0.5, 0.6) is 0 Å². The van der Waals surface area contributed by atoms with Crippen molar-refractivity contribution in [3.63, 3.8) is 0 Å². The second-order valence-corrected chi connectivity index (χ2v) is 4.19. The highest BCUT2D eigenvalue weighted by Gasteiger charge is 2.13. The molecule has 1 aromatic heterocycles. The Morgan fingerprint density at radius 3 is 2.86 bits per heavy atom. The normalized spacial score (nSPS) is 12.7. The minimum Gasteiger partial charge on any atom is -0.475 e. The molecular weight excluding hydrogens is 204 g/mol. The van der Waals surface area contributed by atoms with Gasteiger partial charge in [-0.15, -0.1) is 11.8 Å². The van der Waals surface area contributed by atoms with E-state index in [1.54, 1.807) is 6.07 Å². The fraction of sp³-hybridized carbons (Fsp3) is 0.444. The number of aliphatic hydroxyl groups excluding tert-OH is 1. The Morgan fingerprint density at radius 2 is 2.36 bits per heavy atom. The van der Waals surface area contributed by atoms with Gasteiger partial charge in [-0.05, 0) is 19.1 Å². The van der Waals surface area contributed by atoms with Crippen molar-refractivity contribution in [2.75, 3.05) is 12.4 Å². The highest BCUT2D eigenvalue weighted by molar-refractivity contribution is 7.99. The molecule has 0 saturated heterocycles. The average Bonchev–Trinajstić information content (AvgIpc) is 2.62. The van der Waals surface area contributed by atoms with Crippen LogP contribution in [0.25, 0.3) is 0 Å². The molecule has 1 heterocycles. The minimum atomic E-state index is -1.06. The highest BCUT2D eigenvalue weighted by Crippen LogP contribution is 2.28. The van der Waals surface area contributed by atoms with Gasteiger partial charge in [0.05, 0.1) is 11.9 Å². The summed E-state index contributed by atoms with van der Waals surface area (Å²) >= 11 is 1.52. The van der Waals surface area contributed by atoms with Crippen molar-refractivity contribution >= 4 is 17.7 Å². The standard InChI is InChI=1S/C9H12O4S/c1-6(14-5-4-10)7-2-3-8(13-7)9(11)12/h2-3,6,10H,4-5H2,1H3,(H,11,12). The van der Waals surface area contributed by atoms with Gasteiger partial charge in [0.1, 0.15) is 5.76 Å². The summed E-state index contributed by atoms with van der Waals surface area (Å²) < 4.78 is 5.10. The smallest absolute Gasteiger partial charge is 0.371 e. The topological polar surface area (TPSA) is 70.7 Å². The number of thioether (sulfide) groups is 1. The third-order valence-electron chi connectivity index (χ3n) is 1.70. The molecule has 1 atom stereocenters. The molecule has 0 aliphatic heterocycles. The van der Waals surface area contributed by atoms with Gasteiger partial charge >= 0.3 is 5.97 Å². The summed E-state index contributed by atoms with van der Waals surface area (Å²) in [5.41, 5.74) is 0. The Labute approximate surface area is 85.9 Å². The first-order valence-electron chi connectivity index (χ1n) is 4.20. The number of carboxylic acid groups (broad SMARTS) is 1.